The number of hydrogen-bond donors (Lipinski definition) is 2. The number of aliphatic hydroxyl groups excluding tert-OH is 1. The summed E-state index contributed by atoms with van der Waals surface area (Å²) in [5, 5.41) is 12.4. The maximum atomic E-state index is 11.3. The monoisotopic (exact) mass is 363 g/mol. The molecule has 0 aliphatic heterocycles. The molecule has 0 unspecified atom stereocenters. The summed E-state index contributed by atoms with van der Waals surface area (Å²) in [6.45, 7) is 3.42. The SMILES string of the molecule is CCCCNCc1c(-c2ccccc2)nc2cc(/C=C/C(=O)CO)ccn12. The van der Waals surface area contributed by atoms with Crippen molar-refractivity contribution in [2.45, 2.75) is 26.3 Å². The Labute approximate surface area is 159 Å². The van der Waals surface area contributed by atoms with Gasteiger partial charge in [0.25, 0.3) is 0 Å². The first-order valence-corrected chi connectivity index (χ1v) is 9.32. The van der Waals surface area contributed by atoms with Gasteiger partial charge in [0.05, 0.1) is 11.4 Å². The van der Waals surface area contributed by atoms with Crippen molar-refractivity contribution in [3.8, 4) is 11.3 Å². The minimum atomic E-state index is -0.478. The zero-order chi connectivity index (χ0) is 19.1. The zero-order valence-corrected chi connectivity index (χ0v) is 15.6. The summed E-state index contributed by atoms with van der Waals surface area (Å²) in [4.78, 5) is 16.1. The van der Waals surface area contributed by atoms with Gasteiger partial charge < -0.3 is 14.8 Å². The minimum Gasteiger partial charge on any atom is -0.388 e. The van der Waals surface area contributed by atoms with Crippen LogP contribution < -0.4 is 5.32 Å². The molecular weight excluding hydrogens is 338 g/mol. The van der Waals surface area contributed by atoms with Crippen LogP contribution in [0.4, 0.5) is 0 Å². The fourth-order valence-electron chi connectivity index (χ4n) is 2.96. The number of nitrogens with zero attached hydrogens (tertiary/aromatic N) is 2. The van der Waals surface area contributed by atoms with Crippen LogP contribution in [0.25, 0.3) is 23.0 Å². The average Bonchev–Trinajstić information content (AvgIpc) is 3.08. The third kappa shape index (κ3) is 4.70. The molecule has 0 aliphatic rings. The van der Waals surface area contributed by atoms with E-state index in [-0.39, 0.29) is 5.78 Å². The Morgan fingerprint density at radius 1 is 1.26 bits per heavy atom. The number of pyridine rings is 1. The molecule has 0 amide bonds. The maximum Gasteiger partial charge on any atom is 0.181 e. The van der Waals surface area contributed by atoms with E-state index in [1.807, 2.05) is 36.5 Å². The van der Waals surface area contributed by atoms with Gasteiger partial charge in [-0.05, 0) is 36.7 Å². The number of imidazole rings is 1. The minimum absolute atomic E-state index is 0.316. The molecule has 2 aromatic heterocycles. The molecule has 2 N–H and O–H groups in total. The summed E-state index contributed by atoms with van der Waals surface area (Å²) in [5.74, 6) is -0.316. The van der Waals surface area contributed by atoms with Gasteiger partial charge in [-0.3, -0.25) is 4.79 Å². The van der Waals surface area contributed by atoms with Crippen LogP contribution in [0.5, 0.6) is 0 Å². The quantitative estimate of drug-likeness (QED) is 0.451. The molecule has 5 heteroatoms. The number of carbonyl (C=O) groups excluding carboxylic acids is 1. The summed E-state index contributed by atoms with van der Waals surface area (Å²) >= 11 is 0. The Hall–Kier alpha value is -2.76. The van der Waals surface area contributed by atoms with E-state index in [1.165, 1.54) is 6.08 Å². The number of rotatable bonds is 9. The van der Waals surface area contributed by atoms with E-state index >= 15 is 0 Å². The van der Waals surface area contributed by atoms with Gasteiger partial charge in [-0.15, -0.1) is 0 Å². The Bertz CT molecular complexity index is 929. The number of hydrogen-bond acceptors (Lipinski definition) is 4. The molecule has 1 aromatic carbocycles. The molecule has 27 heavy (non-hydrogen) atoms. The molecule has 2 heterocycles. The van der Waals surface area contributed by atoms with E-state index in [9.17, 15) is 4.79 Å². The predicted octanol–water partition coefficient (Wildman–Crippen LogP) is 3.47. The number of nitrogens with one attached hydrogen (secondary N) is 1. The average molecular weight is 363 g/mol. The third-order valence-electron chi connectivity index (χ3n) is 4.41. The van der Waals surface area contributed by atoms with Gasteiger partial charge in [-0.2, -0.15) is 0 Å². The highest BCUT2D eigenvalue weighted by molar-refractivity contribution is 5.94. The molecule has 0 bridgehead atoms. The third-order valence-corrected chi connectivity index (χ3v) is 4.41. The first kappa shape index (κ1) is 19.0. The molecule has 0 spiro atoms. The van der Waals surface area contributed by atoms with E-state index in [0.29, 0.717) is 0 Å². The highest BCUT2D eigenvalue weighted by atomic mass is 16.3. The van der Waals surface area contributed by atoms with Crippen LogP contribution in [-0.4, -0.2) is 33.4 Å². The van der Waals surface area contributed by atoms with Gasteiger partial charge in [0, 0.05) is 18.3 Å². The molecule has 0 radical (unpaired) electrons. The number of carbonyl (C=O) groups is 1. The number of ketones is 1. The normalized spacial score (nSPS) is 11.5. The topological polar surface area (TPSA) is 66.6 Å². The lowest BCUT2D eigenvalue weighted by Crippen LogP contribution is -2.16. The van der Waals surface area contributed by atoms with Gasteiger partial charge in [0.1, 0.15) is 12.3 Å². The van der Waals surface area contributed by atoms with E-state index in [0.717, 1.165) is 54.1 Å². The van der Waals surface area contributed by atoms with Crippen LogP contribution >= 0.6 is 0 Å². The van der Waals surface area contributed by atoms with E-state index in [2.05, 4.69) is 28.8 Å². The standard InChI is InChI=1S/C22H25N3O2/c1-2-3-12-23-15-20-22(18-7-5-4-6-8-18)24-21-14-17(11-13-25(20)21)9-10-19(27)16-26/h4-11,13-14,23,26H,2-3,12,15-16H2,1H3/b10-9+. The zero-order valence-electron chi connectivity index (χ0n) is 15.6. The summed E-state index contributed by atoms with van der Waals surface area (Å²) in [6.07, 6.45) is 7.38. The van der Waals surface area contributed by atoms with Crippen molar-refractivity contribution < 1.29 is 9.90 Å². The first-order valence-electron chi connectivity index (χ1n) is 9.32. The molecular formula is C22H25N3O2. The van der Waals surface area contributed by atoms with E-state index < -0.39 is 6.61 Å². The first-order chi connectivity index (χ1) is 13.2. The Morgan fingerprint density at radius 2 is 2.07 bits per heavy atom. The number of benzene rings is 1. The van der Waals surface area contributed by atoms with Crippen molar-refractivity contribution in [3.63, 3.8) is 0 Å². The number of unbranched alkanes of at least 4 members (excludes halogenated alkanes) is 1. The number of fused-ring (bicyclic) bond motifs is 1. The molecule has 5 nitrogen and oxygen atoms in total. The molecule has 0 saturated heterocycles. The van der Waals surface area contributed by atoms with Gasteiger partial charge in [0.15, 0.2) is 5.78 Å². The molecule has 3 rings (SSSR count). The van der Waals surface area contributed by atoms with Crippen LogP contribution in [-0.2, 0) is 11.3 Å². The van der Waals surface area contributed by atoms with Crippen LogP contribution in [0.15, 0.2) is 54.7 Å². The van der Waals surface area contributed by atoms with E-state index in [1.54, 1.807) is 6.08 Å². The van der Waals surface area contributed by atoms with Crippen molar-refractivity contribution >= 4 is 17.5 Å². The van der Waals surface area contributed by atoms with Crippen LogP contribution in [0.2, 0.25) is 0 Å². The molecule has 0 aliphatic carbocycles. The lowest BCUT2D eigenvalue weighted by molar-refractivity contribution is -0.117. The molecule has 140 valence electrons. The summed E-state index contributed by atoms with van der Waals surface area (Å²) < 4.78 is 2.09. The highest BCUT2D eigenvalue weighted by Crippen LogP contribution is 2.25. The second-order valence-corrected chi connectivity index (χ2v) is 6.45. The van der Waals surface area contributed by atoms with Crippen molar-refractivity contribution in [2.75, 3.05) is 13.2 Å². The highest BCUT2D eigenvalue weighted by Gasteiger charge is 2.13. The van der Waals surface area contributed by atoms with Crippen molar-refractivity contribution in [1.82, 2.24) is 14.7 Å². The summed E-state index contributed by atoms with van der Waals surface area (Å²) in [5.41, 5.74) is 4.88. The second-order valence-electron chi connectivity index (χ2n) is 6.45. The number of aliphatic hydroxyl groups is 1. The summed E-state index contributed by atoms with van der Waals surface area (Å²) in [7, 11) is 0. The van der Waals surface area contributed by atoms with Crippen molar-refractivity contribution in [2.24, 2.45) is 0 Å². The van der Waals surface area contributed by atoms with Crippen LogP contribution in [0.3, 0.4) is 0 Å². The lowest BCUT2D eigenvalue weighted by Gasteiger charge is -2.07. The molecule has 0 atom stereocenters. The smallest absolute Gasteiger partial charge is 0.181 e. The predicted molar refractivity (Wildman–Crippen MR) is 108 cm³/mol. The van der Waals surface area contributed by atoms with E-state index in [4.69, 9.17) is 10.1 Å². The van der Waals surface area contributed by atoms with Gasteiger partial charge >= 0.3 is 0 Å². The van der Waals surface area contributed by atoms with Gasteiger partial charge in [-0.25, -0.2) is 4.98 Å². The summed E-state index contributed by atoms with van der Waals surface area (Å²) in [6, 6.07) is 14.1. The Morgan fingerprint density at radius 3 is 2.81 bits per heavy atom. The lowest BCUT2D eigenvalue weighted by atomic mass is 10.1. The number of aromatic nitrogens is 2. The van der Waals surface area contributed by atoms with Crippen LogP contribution in [0.1, 0.15) is 31.0 Å². The fraction of sp³-hybridized carbons (Fsp3) is 0.273. The maximum absolute atomic E-state index is 11.3. The Balaban J connectivity index is 1.98. The van der Waals surface area contributed by atoms with Gasteiger partial charge in [-0.1, -0.05) is 49.8 Å². The van der Waals surface area contributed by atoms with Crippen molar-refractivity contribution in [3.05, 3.63) is 66.0 Å². The molecule has 3 aromatic rings. The van der Waals surface area contributed by atoms with Crippen molar-refractivity contribution in [1.29, 1.82) is 0 Å². The van der Waals surface area contributed by atoms with Crippen LogP contribution in [0, 0.1) is 0 Å². The fourth-order valence-corrected chi connectivity index (χ4v) is 2.96. The second kappa shape index (κ2) is 9.26. The Kier molecular flexibility index (Phi) is 6.52. The van der Waals surface area contributed by atoms with Gasteiger partial charge in [0.2, 0.25) is 0 Å². The molecule has 0 saturated carbocycles. The molecule has 0 fully saturated rings. The largest absolute Gasteiger partial charge is 0.388 e.